The molecule has 0 saturated carbocycles. The van der Waals surface area contributed by atoms with E-state index in [2.05, 4.69) is 16.7 Å². The third-order valence-electron chi connectivity index (χ3n) is 5.38. The van der Waals surface area contributed by atoms with Crippen molar-refractivity contribution in [2.45, 2.75) is 18.9 Å². The zero-order chi connectivity index (χ0) is 22.1. The maximum Gasteiger partial charge on any atom is 0.160 e. The van der Waals surface area contributed by atoms with Gasteiger partial charge in [0.15, 0.2) is 8.30 Å². The second-order valence-electron chi connectivity index (χ2n) is 7.75. The topological polar surface area (TPSA) is 83.4 Å². The highest BCUT2D eigenvalue weighted by Crippen LogP contribution is 2.41. The van der Waals surface area contributed by atoms with Gasteiger partial charge < -0.3 is 29.5 Å². The Morgan fingerprint density at radius 3 is 2.29 bits per heavy atom. The molecule has 1 heterocycles. The first kappa shape index (κ1) is 23.6. The monoisotopic (exact) mass is 448 g/mol. The largest absolute Gasteiger partial charge is 0.508 e. The summed E-state index contributed by atoms with van der Waals surface area (Å²) >= 11 is 0. The lowest BCUT2D eigenvalue weighted by molar-refractivity contribution is 0.104. The Morgan fingerprint density at radius 2 is 1.65 bits per heavy atom. The Morgan fingerprint density at radius 1 is 1.03 bits per heavy atom. The van der Waals surface area contributed by atoms with Crippen LogP contribution in [0.5, 0.6) is 23.0 Å². The predicted octanol–water partition coefficient (Wildman–Crippen LogP) is 3.46. The quantitative estimate of drug-likeness (QED) is 0.454. The zero-order valence-corrected chi connectivity index (χ0v) is 19.1. The maximum atomic E-state index is 10.1. The number of rotatable bonds is 11. The molecular weight excluding hydrogens is 415 g/mol. The Bertz CT molecular complexity index is 767. The fourth-order valence-electron chi connectivity index (χ4n) is 3.50. The summed E-state index contributed by atoms with van der Waals surface area (Å²) in [5.41, 5.74) is 0. The van der Waals surface area contributed by atoms with Gasteiger partial charge in [-0.25, -0.2) is 0 Å². The number of hydrogen-bond acceptors (Lipinski definition) is 7. The fraction of sp³-hybridized carbons (Fsp3) is 0.478. The molecule has 1 fully saturated rings. The number of methoxy groups -OCH3 is 1. The Hall–Kier alpha value is -2.05. The van der Waals surface area contributed by atoms with Crippen molar-refractivity contribution < 1.29 is 24.2 Å². The molecule has 0 spiro atoms. The van der Waals surface area contributed by atoms with Gasteiger partial charge in [-0.2, -0.15) is 0 Å². The molecule has 1 aliphatic heterocycles. The Labute approximate surface area is 185 Å². The normalized spacial score (nSPS) is 17.1. The zero-order valence-electron chi connectivity index (χ0n) is 18.2. The van der Waals surface area contributed by atoms with Crippen LogP contribution in [0.2, 0.25) is 0 Å². The summed E-state index contributed by atoms with van der Waals surface area (Å²) in [7, 11) is 1.00. The average molecular weight is 449 g/mol. The molecule has 1 unspecified atom stereocenters. The van der Waals surface area contributed by atoms with Crippen molar-refractivity contribution in [3.63, 3.8) is 0 Å². The maximum absolute atomic E-state index is 10.1. The van der Waals surface area contributed by atoms with E-state index in [1.807, 2.05) is 24.3 Å². The summed E-state index contributed by atoms with van der Waals surface area (Å²) in [5.74, 6) is 3.14. The number of phenolic OH excluding ortho intramolecular Hbond substituents is 1. The first-order valence-electron chi connectivity index (χ1n) is 10.6. The smallest absolute Gasteiger partial charge is 0.160 e. The van der Waals surface area contributed by atoms with Crippen molar-refractivity contribution in [2.75, 3.05) is 46.6 Å². The van der Waals surface area contributed by atoms with Gasteiger partial charge in [0.05, 0.1) is 7.11 Å². The van der Waals surface area contributed by atoms with Crippen molar-refractivity contribution in [1.29, 1.82) is 0 Å². The van der Waals surface area contributed by atoms with Gasteiger partial charge in [-0.3, -0.25) is 4.67 Å². The molecular formula is C23H33N2O5P. The number of aliphatic hydroxyl groups excluding tert-OH is 1. The molecule has 2 atom stereocenters. The molecule has 2 aromatic rings. The molecule has 8 heteroatoms. The molecule has 0 aliphatic carbocycles. The minimum atomic E-state index is -0.660. The van der Waals surface area contributed by atoms with Crippen LogP contribution in [0, 0.1) is 5.92 Å². The summed E-state index contributed by atoms with van der Waals surface area (Å²) in [6, 6.07) is 14.2. The van der Waals surface area contributed by atoms with E-state index in [-0.39, 0.29) is 12.4 Å². The van der Waals surface area contributed by atoms with Gasteiger partial charge in [0.25, 0.3) is 0 Å². The molecule has 3 rings (SSSR count). The molecule has 2 aromatic carbocycles. The number of nitrogens with one attached hydrogen (secondary N) is 1. The number of phenols is 1. The second-order valence-corrected chi connectivity index (χ2v) is 9.42. The van der Waals surface area contributed by atoms with Gasteiger partial charge in [0.1, 0.15) is 35.7 Å². The lowest BCUT2D eigenvalue weighted by Crippen LogP contribution is -2.38. The molecule has 31 heavy (non-hydrogen) atoms. The fourth-order valence-corrected chi connectivity index (χ4v) is 4.84. The Balaban J connectivity index is 1.29. The van der Waals surface area contributed by atoms with Crippen LogP contribution in [0.1, 0.15) is 12.8 Å². The van der Waals surface area contributed by atoms with E-state index < -0.39 is 14.4 Å². The van der Waals surface area contributed by atoms with Crippen LogP contribution in [-0.4, -0.2) is 67.5 Å². The predicted molar refractivity (Wildman–Crippen MR) is 123 cm³/mol. The van der Waals surface area contributed by atoms with Crippen LogP contribution in [0.3, 0.4) is 0 Å². The van der Waals surface area contributed by atoms with Crippen molar-refractivity contribution in [2.24, 2.45) is 5.92 Å². The second kappa shape index (κ2) is 12.1. The van der Waals surface area contributed by atoms with E-state index in [0.717, 1.165) is 44.0 Å². The highest BCUT2D eigenvalue weighted by Gasteiger charge is 2.24. The number of ether oxygens (including phenoxy) is 2. The lowest BCUT2D eigenvalue weighted by atomic mass is 9.98. The van der Waals surface area contributed by atoms with Gasteiger partial charge >= 0.3 is 0 Å². The molecule has 0 bridgehead atoms. The summed E-state index contributed by atoms with van der Waals surface area (Å²) < 4.78 is 19.3. The van der Waals surface area contributed by atoms with Crippen LogP contribution in [0.4, 0.5) is 0 Å². The molecule has 7 nitrogen and oxygen atoms in total. The van der Waals surface area contributed by atoms with Crippen LogP contribution in [-0.2, 0) is 0 Å². The third-order valence-corrected chi connectivity index (χ3v) is 7.05. The molecule has 0 amide bonds. The molecule has 170 valence electrons. The van der Waals surface area contributed by atoms with E-state index in [1.165, 1.54) is 0 Å². The van der Waals surface area contributed by atoms with Gasteiger partial charge in [-0.1, -0.05) is 0 Å². The summed E-state index contributed by atoms with van der Waals surface area (Å²) in [6.07, 6.45) is 1.66. The summed E-state index contributed by atoms with van der Waals surface area (Å²) in [6.45, 7) is 5.82. The molecule has 0 radical (unpaired) electrons. The first-order chi connectivity index (χ1) is 15.0. The highest BCUT2D eigenvalue weighted by molar-refractivity contribution is 7.49. The highest BCUT2D eigenvalue weighted by atomic mass is 31.2. The molecule has 3 N–H and O–H groups in total. The standard InChI is InChI=1S/C23H33N2O5P/c1-28-21-7-9-23(10-8-21)30-31(2)25-13-11-18(12-14-25)15-24-16-20(27)17-29-22-5-3-19(26)4-6-22/h3-10,18,20,24,26-27H,11-17H2,1-2H3/t20-,31?/m0/s1. The van der Waals surface area contributed by atoms with E-state index in [4.69, 9.17) is 14.0 Å². The van der Waals surface area contributed by atoms with Crippen molar-refractivity contribution >= 4 is 8.30 Å². The Kier molecular flexibility index (Phi) is 9.22. The molecule has 1 aliphatic rings. The van der Waals surface area contributed by atoms with Gasteiger partial charge in [-0.05, 0) is 73.8 Å². The van der Waals surface area contributed by atoms with Crippen LogP contribution in [0.25, 0.3) is 0 Å². The van der Waals surface area contributed by atoms with Gasteiger partial charge in [0, 0.05) is 26.3 Å². The van der Waals surface area contributed by atoms with E-state index >= 15 is 0 Å². The number of piperidine rings is 1. The number of hydrogen-bond donors (Lipinski definition) is 3. The summed E-state index contributed by atoms with van der Waals surface area (Å²) in [5, 5.41) is 22.8. The van der Waals surface area contributed by atoms with Crippen molar-refractivity contribution in [3.8, 4) is 23.0 Å². The van der Waals surface area contributed by atoms with Gasteiger partial charge in [-0.15, -0.1) is 0 Å². The third kappa shape index (κ3) is 7.86. The first-order valence-corrected chi connectivity index (χ1v) is 12.3. The molecule has 0 aromatic heterocycles. The SMILES string of the molecule is COc1ccc(OP(C)N2CCC(CNC[C@H](O)COc3ccc(O)cc3)CC2)cc1. The number of aromatic hydroxyl groups is 1. The van der Waals surface area contributed by atoms with Crippen LogP contribution in [0.15, 0.2) is 48.5 Å². The van der Waals surface area contributed by atoms with E-state index in [9.17, 15) is 10.2 Å². The number of aliphatic hydroxyl groups is 1. The minimum absolute atomic E-state index is 0.198. The summed E-state index contributed by atoms with van der Waals surface area (Å²) in [4.78, 5) is 0. The minimum Gasteiger partial charge on any atom is -0.508 e. The lowest BCUT2D eigenvalue weighted by Gasteiger charge is -2.35. The van der Waals surface area contributed by atoms with Gasteiger partial charge in [0.2, 0.25) is 0 Å². The average Bonchev–Trinajstić information content (AvgIpc) is 2.79. The van der Waals surface area contributed by atoms with E-state index in [1.54, 1.807) is 31.4 Å². The molecule has 1 saturated heterocycles. The van der Waals surface area contributed by atoms with Crippen LogP contribution >= 0.6 is 8.30 Å². The number of benzene rings is 2. The van der Waals surface area contributed by atoms with Crippen LogP contribution < -0.4 is 19.3 Å². The van der Waals surface area contributed by atoms with E-state index in [0.29, 0.717) is 18.2 Å². The van der Waals surface area contributed by atoms with Crippen molar-refractivity contribution in [1.82, 2.24) is 9.99 Å². The number of nitrogens with zero attached hydrogens (tertiary/aromatic N) is 1. The van der Waals surface area contributed by atoms with Crippen molar-refractivity contribution in [3.05, 3.63) is 48.5 Å².